The van der Waals surface area contributed by atoms with E-state index in [-0.39, 0.29) is 30.1 Å². The van der Waals surface area contributed by atoms with Crippen molar-refractivity contribution in [1.29, 1.82) is 0 Å². The van der Waals surface area contributed by atoms with E-state index in [0.29, 0.717) is 17.9 Å². The zero-order chi connectivity index (χ0) is 25.8. The normalized spacial score (nSPS) is 18.4. The fraction of sp³-hybridized carbons (Fsp3) is 0.480. The van der Waals surface area contributed by atoms with E-state index in [0.717, 1.165) is 5.56 Å². The molecule has 1 aliphatic rings. The number of pyridine rings is 1. The second-order valence-electron chi connectivity index (χ2n) is 9.45. The lowest BCUT2D eigenvalue weighted by Crippen LogP contribution is -2.29. The molecular weight excluding hydrogens is 465 g/mol. The second kappa shape index (κ2) is 10.5. The van der Waals surface area contributed by atoms with E-state index in [1.807, 2.05) is 18.2 Å². The van der Waals surface area contributed by atoms with Crippen molar-refractivity contribution in [1.82, 2.24) is 10.3 Å². The highest BCUT2D eigenvalue weighted by molar-refractivity contribution is 5.83. The number of nitrogens with zero attached hydrogens (tertiary/aromatic N) is 1. The van der Waals surface area contributed by atoms with Crippen molar-refractivity contribution in [2.45, 2.75) is 57.9 Å². The van der Waals surface area contributed by atoms with E-state index in [4.69, 9.17) is 9.47 Å². The van der Waals surface area contributed by atoms with Crippen molar-refractivity contribution in [3.63, 3.8) is 0 Å². The van der Waals surface area contributed by atoms with Crippen molar-refractivity contribution in [2.24, 2.45) is 5.92 Å². The number of rotatable bonds is 9. The Kier molecular flexibility index (Phi) is 7.92. The first-order valence-corrected chi connectivity index (χ1v) is 11.2. The smallest absolute Gasteiger partial charge is 0.422 e. The third-order valence-corrected chi connectivity index (χ3v) is 5.15. The van der Waals surface area contributed by atoms with Gasteiger partial charge in [0.1, 0.15) is 17.1 Å². The standard InChI is InChI=1S/C25H29F3N2O5/c1-15(21-9-8-18(12-29-21)34-14-25(26,27)28)30-23(32)20-11-19(20)16-6-5-7-17(10-16)33-13-22(31)35-24(2,3)4/h5-10,12,15,19-20H,11,13-14H2,1-4H3,(H,30,32)/t15-,19-,20+/m1/s1. The van der Waals surface area contributed by atoms with Crippen LogP contribution in [0.1, 0.15) is 57.3 Å². The van der Waals surface area contributed by atoms with Crippen LogP contribution in [0.25, 0.3) is 0 Å². The maximum Gasteiger partial charge on any atom is 0.422 e. The van der Waals surface area contributed by atoms with Gasteiger partial charge in [-0.15, -0.1) is 0 Å². The molecule has 1 aliphatic carbocycles. The number of carbonyl (C=O) groups excluding carboxylic acids is 2. The molecule has 0 aliphatic heterocycles. The van der Waals surface area contributed by atoms with E-state index < -0.39 is 30.4 Å². The largest absolute Gasteiger partial charge is 0.483 e. The van der Waals surface area contributed by atoms with E-state index in [9.17, 15) is 22.8 Å². The Labute approximate surface area is 202 Å². The Morgan fingerprint density at radius 2 is 1.86 bits per heavy atom. The lowest BCUT2D eigenvalue weighted by atomic mass is 10.1. The summed E-state index contributed by atoms with van der Waals surface area (Å²) >= 11 is 0. The summed E-state index contributed by atoms with van der Waals surface area (Å²) in [6.45, 7) is 5.49. The topological polar surface area (TPSA) is 86.8 Å². The lowest BCUT2D eigenvalue weighted by Gasteiger charge is -2.19. The highest BCUT2D eigenvalue weighted by Gasteiger charge is 2.44. The molecule has 3 rings (SSSR count). The molecule has 0 radical (unpaired) electrons. The van der Waals surface area contributed by atoms with Crippen LogP contribution in [0.15, 0.2) is 42.6 Å². The molecule has 0 spiro atoms. The summed E-state index contributed by atoms with van der Waals surface area (Å²) in [6.07, 6.45) is -2.55. The number of benzene rings is 1. The molecule has 1 heterocycles. The fourth-order valence-corrected chi connectivity index (χ4v) is 3.49. The van der Waals surface area contributed by atoms with Gasteiger partial charge in [0, 0.05) is 5.92 Å². The summed E-state index contributed by atoms with van der Waals surface area (Å²) in [5.74, 6) is -0.271. The van der Waals surface area contributed by atoms with Gasteiger partial charge in [0.05, 0.1) is 17.9 Å². The van der Waals surface area contributed by atoms with Gasteiger partial charge in [-0.05, 0) is 69.9 Å². The van der Waals surface area contributed by atoms with Gasteiger partial charge in [-0.2, -0.15) is 13.2 Å². The number of nitrogens with one attached hydrogen (secondary N) is 1. The Hall–Kier alpha value is -3.30. The monoisotopic (exact) mass is 494 g/mol. The minimum absolute atomic E-state index is 0.000581. The van der Waals surface area contributed by atoms with Gasteiger partial charge in [-0.3, -0.25) is 9.78 Å². The van der Waals surface area contributed by atoms with E-state index in [1.54, 1.807) is 33.8 Å². The van der Waals surface area contributed by atoms with Gasteiger partial charge >= 0.3 is 12.1 Å². The zero-order valence-electron chi connectivity index (χ0n) is 20.0. The minimum atomic E-state index is -4.43. The van der Waals surface area contributed by atoms with E-state index in [2.05, 4.69) is 15.0 Å². The number of hydrogen-bond acceptors (Lipinski definition) is 6. The van der Waals surface area contributed by atoms with Crippen molar-refractivity contribution in [2.75, 3.05) is 13.2 Å². The Morgan fingerprint density at radius 3 is 2.49 bits per heavy atom. The molecular formula is C25H29F3N2O5. The van der Waals surface area contributed by atoms with Crippen LogP contribution >= 0.6 is 0 Å². The molecule has 190 valence electrons. The summed E-state index contributed by atoms with van der Waals surface area (Å²) in [5.41, 5.74) is 0.850. The van der Waals surface area contributed by atoms with Crippen molar-refractivity contribution in [3.05, 3.63) is 53.9 Å². The molecule has 1 amide bonds. The number of alkyl halides is 3. The van der Waals surface area contributed by atoms with Crippen LogP contribution < -0.4 is 14.8 Å². The molecule has 1 saturated carbocycles. The summed E-state index contributed by atoms with van der Waals surface area (Å²) in [4.78, 5) is 28.7. The van der Waals surface area contributed by atoms with Crippen LogP contribution in [0.4, 0.5) is 13.2 Å². The van der Waals surface area contributed by atoms with Crippen LogP contribution in [-0.4, -0.2) is 41.9 Å². The highest BCUT2D eigenvalue weighted by atomic mass is 19.4. The average molecular weight is 495 g/mol. The number of carbonyl (C=O) groups is 2. The first-order valence-electron chi connectivity index (χ1n) is 11.2. The van der Waals surface area contributed by atoms with Gasteiger partial charge in [0.2, 0.25) is 5.91 Å². The SMILES string of the molecule is C[C@@H](NC(=O)[C@H]1C[C@@H]1c1cccc(OCC(=O)OC(C)(C)C)c1)c1ccc(OCC(F)(F)F)cn1. The number of esters is 1. The first kappa shape index (κ1) is 26.3. The van der Waals surface area contributed by atoms with Crippen molar-refractivity contribution in [3.8, 4) is 11.5 Å². The number of ether oxygens (including phenoxy) is 3. The quantitative estimate of drug-likeness (QED) is 0.508. The molecule has 1 N–H and O–H groups in total. The van der Waals surface area contributed by atoms with Crippen molar-refractivity contribution >= 4 is 11.9 Å². The zero-order valence-corrected chi connectivity index (χ0v) is 20.0. The average Bonchev–Trinajstić information content (AvgIpc) is 3.56. The molecule has 1 aromatic heterocycles. The van der Waals surface area contributed by atoms with Crippen LogP contribution in [0.5, 0.6) is 11.5 Å². The molecule has 0 unspecified atom stereocenters. The molecule has 0 saturated heterocycles. The maximum atomic E-state index is 12.7. The highest BCUT2D eigenvalue weighted by Crippen LogP contribution is 2.48. The number of hydrogen-bond donors (Lipinski definition) is 1. The summed E-state index contributed by atoms with van der Waals surface area (Å²) < 4.78 is 52.2. The summed E-state index contributed by atoms with van der Waals surface area (Å²) in [5, 5.41) is 2.90. The molecule has 7 nitrogen and oxygen atoms in total. The van der Waals surface area contributed by atoms with E-state index >= 15 is 0 Å². The molecule has 3 atom stereocenters. The van der Waals surface area contributed by atoms with Gasteiger partial charge in [-0.25, -0.2) is 4.79 Å². The third-order valence-electron chi connectivity index (χ3n) is 5.15. The third kappa shape index (κ3) is 8.45. The Morgan fingerprint density at radius 1 is 1.11 bits per heavy atom. The minimum Gasteiger partial charge on any atom is -0.483 e. The predicted molar refractivity (Wildman–Crippen MR) is 121 cm³/mol. The predicted octanol–water partition coefficient (Wildman–Crippen LogP) is 4.72. The number of amides is 1. The molecule has 1 aromatic carbocycles. The Balaban J connectivity index is 1.49. The molecule has 10 heteroatoms. The summed E-state index contributed by atoms with van der Waals surface area (Å²) in [6, 6.07) is 9.74. The lowest BCUT2D eigenvalue weighted by molar-refractivity contribution is -0.157. The fourth-order valence-electron chi connectivity index (χ4n) is 3.49. The maximum absolute atomic E-state index is 12.7. The van der Waals surface area contributed by atoms with Gasteiger partial charge in [-0.1, -0.05) is 12.1 Å². The van der Waals surface area contributed by atoms with Gasteiger partial charge in [0.15, 0.2) is 13.2 Å². The molecule has 0 bridgehead atoms. The molecule has 1 fully saturated rings. The molecule has 35 heavy (non-hydrogen) atoms. The molecule has 2 aromatic rings. The van der Waals surface area contributed by atoms with Crippen molar-refractivity contribution < 1.29 is 37.0 Å². The van der Waals surface area contributed by atoms with Gasteiger partial charge < -0.3 is 19.5 Å². The van der Waals surface area contributed by atoms with Crippen LogP contribution in [0.3, 0.4) is 0 Å². The van der Waals surface area contributed by atoms with E-state index in [1.165, 1.54) is 18.3 Å². The van der Waals surface area contributed by atoms with Crippen LogP contribution in [0.2, 0.25) is 0 Å². The van der Waals surface area contributed by atoms with Crippen LogP contribution in [-0.2, 0) is 14.3 Å². The number of aromatic nitrogens is 1. The first-order chi connectivity index (χ1) is 16.3. The van der Waals surface area contributed by atoms with Crippen LogP contribution in [0, 0.1) is 5.92 Å². The second-order valence-corrected chi connectivity index (χ2v) is 9.45. The summed E-state index contributed by atoms with van der Waals surface area (Å²) in [7, 11) is 0. The van der Waals surface area contributed by atoms with Gasteiger partial charge in [0.25, 0.3) is 0 Å². The Bertz CT molecular complexity index is 1030. The number of halogens is 3.